The number of rotatable bonds is 0. The van der Waals surface area contributed by atoms with E-state index in [9.17, 15) is 0 Å². The van der Waals surface area contributed by atoms with E-state index in [4.69, 9.17) is 12.3 Å². The van der Waals surface area contributed by atoms with Crippen LogP contribution in [0.4, 0.5) is 0 Å². The van der Waals surface area contributed by atoms with Crippen molar-refractivity contribution in [1.82, 2.24) is 0 Å². The molecule has 0 spiro atoms. The van der Waals surface area contributed by atoms with Crippen molar-refractivity contribution in [3.05, 3.63) is 54.6 Å². The van der Waals surface area contributed by atoms with E-state index in [1.54, 1.807) is 0 Å². The third kappa shape index (κ3) is 1.18. The van der Waals surface area contributed by atoms with E-state index in [1.165, 1.54) is 5.39 Å². The maximum absolute atomic E-state index is 5.97. The van der Waals surface area contributed by atoms with Crippen LogP contribution in [0.3, 0.4) is 0 Å². The molecular formula is C16H9BO. The van der Waals surface area contributed by atoms with Crippen LogP contribution in [0.15, 0.2) is 59.0 Å². The molecule has 0 aliphatic carbocycles. The van der Waals surface area contributed by atoms with Gasteiger partial charge in [-0.3, -0.25) is 0 Å². The summed E-state index contributed by atoms with van der Waals surface area (Å²) in [4.78, 5) is 0. The van der Waals surface area contributed by atoms with Gasteiger partial charge in [-0.1, -0.05) is 54.0 Å². The fraction of sp³-hybridized carbons (Fsp3) is 0. The van der Waals surface area contributed by atoms with Crippen LogP contribution in [-0.4, -0.2) is 7.85 Å². The highest BCUT2D eigenvalue weighted by Gasteiger charge is 2.10. The highest BCUT2D eigenvalue weighted by Crippen LogP contribution is 2.32. The Kier molecular flexibility index (Phi) is 1.84. The highest BCUT2D eigenvalue weighted by atomic mass is 16.3. The van der Waals surface area contributed by atoms with Gasteiger partial charge >= 0.3 is 0 Å². The van der Waals surface area contributed by atoms with Crippen molar-refractivity contribution >= 4 is 46.0 Å². The zero-order chi connectivity index (χ0) is 12.1. The molecule has 2 heteroatoms. The zero-order valence-electron chi connectivity index (χ0n) is 9.68. The van der Waals surface area contributed by atoms with Crippen LogP contribution in [0.25, 0.3) is 32.7 Å². The molecule has 0 amide bonds. The van der Waals surface area contributed by atoms with E-state index in [-0.39, 0.29) is 0 Å². The molecule has 82 valence electrons. The molecule has 0 saturated carbocycles. The van der Waals surface area contributed by atoms with Crippen molar-refractivity contribution in [3.8, 4) is 0 Å². The lowest BCUT2D eigenvalue weighted by molar-refractivity contribution is 0.675. The Bertz CT molecular complexity index is 889. The van der Waals surface area contributed by atoms with Crippen molar-refractivity contribution in [3.63, 3.8) is 0 Å². The van der Waals surface area contributed by atoms with E-state index >= 15 is 0 Å². The van der Waals surface area contributed by atoms with Crippen molar-refractivity contribution in [2.75, 3.05) is 0 Å². The summed E-state index contributed by atoms with van der Waals surface area (Å²) in [5, 5.41) is 4.51. The highest BCUT2D eigenvalue weighted by molar-refractivity contribution is 6.39. The molecule has 4 rings (SSSR count). The van der Waals surface area contributed by atoms with Crippen molar-refractivity contribution in [2.24, 2.45) is 0 Å². The van der Waals surface area contributed by atoms with Gasteiger partial charge in [0.2, 0.25) is 0 Å². The summed E-state index contributed by atoms with van der Waals surface area (Å²) in [5.74, 6) is 0. The molecule has 0 saturated heterocycles. The number of fused-ring (bicyclic) bond motifs is 5. The van der Waals surface area contributed by atoms with E-state index in [0.717, 1.165) is 27.3 Å². The van der Waals surface area contributed by atoms with Crippen LogP contribution >= 0.6 is 0 Å². The fourth-order valence-electron chi connectivity index (χ4n) is 2.55. The smallest absolute Gasteiger partial charge is 0.143 e. The van der Waals surface area contributed by atoms with E-state index in [1.807, 2.05) is 30.3 Å². The first kappa shape index (κ1) is 9.78. The Balaban J connectivity index is 2.33. The predicted molar refractivity (Wildman–Crippen MR) is 76.6 cm³/mol. The second-order valence-electron chi connectivity index (χ2n) is 4.49. The molecule has 2 radical (unpaired) electrons. The SMILES string of the molecule is [B]c1cccc2c1oc1c3ccccc3ccc21. The summed E-state index contributed by atoms with van der Waals surface area (Å²) in [7, 11) is 5.97. The number of benzene rings is 3. The third-order valence-corrected chi connectivity index (χ3v) is 3.42. The van der Waals surface area contributed by atoms with Crippen LogP contribution in [-0.2, 0) is 0 Å². The first-order valence-corrected chi connectivity index (χ1v) is 5.93. The fourth-order valence-corrected chi connectivity index (χ4v) is 2.55. The summed E-state index contributed by atoms with van der Waals surface area (Å²) < 4.78 is 5.97. The van der Waals surface area contributed by atoms with Crippen LogP contribution in [0.2, 0.25) is 0 Å². The monoisotopic (exact) mass is 228 g/mol. The first-order valence-electron chi connectivity index (χ1n) is 5.93. The molecule has 1 heterocycles. The van der Waals surface area contributed by atoms with Gasteiger partial charge in [-0.25, -0.2) is 0 Å². The minimum Gasteiger partial charge on any atom is -0.456 e. The molecule has 3 aromatic carbocycles. The van der Waals surface area contributed by atoms with Crippen LogP contribution < -0.4 is 5.46 Å². The zero-order valence-corrected chi connectivity index (χ0v) is 9.68. The minimum atomic E-state index is 0.688. The van der Waals surface area contributed by atoms with Gasteiger partial charge in [0.25, 0.3) is 0 Å². The first-order chi connectivity index (χ1) is 8.84. The Hall–Kier alpha value is -2.22. The molecule has 0 fully saturated rings. The molecule has 18 heavy (non-hydrogen) atoms. The average molecular weight is 228 g/mol. The number of furan rings is 1. The Morgan fingerprint density at radius 3 is 2.39 bits per heavy atom. The molecule has 0 aliphatic heterocycles. The van der Waals surface area contributed by atoms with Gasteiger partial charge in [0.15, 0.2) is 0 Å². The van der Waals surface area contributed by atoms with Gasteiger partial charge in [0.1, 0.15) is 19.0 Å². The Labute approximate surface area is 105 Å². The van der Waals surface area contributed by atoms with Gasteiger partial charge in [-0.05, 0) is 11.5 Å². The van der Waals surface area contributed by atoms with Crippen molar-refractivity contribution in [1.29, 1.82) is 0 Å². The second-order valence-corrected chi connectivity index (χ2v) is 4.49. The molecule has 4 aromatic rings. The van der Waals surface area contributed by atoms with Crippen LogP contribution in [0, 0.1) is 0 Å². The van der Waals surface area contributed by atoms with E-state index in [0.29, 0.717) is 5.46 Å². The third-order valence-electron chi connectivity index (χ3n) is 3.42. The molecule has 0 unspecified atom stereocenters. The standard InChI is InChI=1S/C16H9BO/c17-14-7-3-6-12-13-9-8-10-4-1-2-5-11(10)15(13)18-16(12)14/h1-9H. The maximum Gasteiger partial charge on any atom is 0.143 e. The summed E-state index contributed by atoms with van der Waals surface area (Å²) in [6, 6.07) is 18.3. The van der Waals surface area contributed by atoms with E-state index < -0.39 is 0 Å². The number of hydrogen-bond acceptors (Lipinski definition) is 1. The second kappa shape index (κ2) is 3.39. The predicted octanol–water partition coefficient (Wildman–Crippen LogP) is 3.53. The van der Waals surface area contributed by atoms with Gasteiger partial charge in [-0.2, -0.15) is 0 Å². The molecule has 0 N–H and O–H groups in total. The molecule has 1 aromatic heterocycles. The molecule has 1 nitrogen and oxygen atoms in total. The lowest BCUT2D eigenvalue weighted by atomic mass is 9.94. The summed E-state index contributed by atoms with van der Waals surface area (Å²) in [5.41, 5.74) is 2.39. The topological polar surface area (TPSA) is 13.1 Å². The van der Waals surface area contributed by atoms with Crippen molar-refractivity contribution in [2.45, 2.75) is 0 Å². The van der Waals surface area contributed by atoms with Crippen molar-refractivity contribution < 1.29 is 4.42 Å². The molecule has 0 bridgehead atoms. The lowest BCUT2D eigenvalue weighted by Crippen LogP contribution is -2.00. The number of hydrogen-bond donors (Lipinski definition) is 0. The van der Waals surface area contributed by atoms with Gasteiger partial charge in [0, 0.05) is 16.2 Å². The van der Waals surface area contributed by atoms with E-state index in [2.05, 4.69) is 24.3 Å². The maximum atomic E-state index is 5.97. The van der Waals surface area contributed by atoms with Gasteiger partial charge in [0.05, 0.1) is 0 Å². The summed E-state index contributed by atoms with van der Waals surface area (Å²) in [6.45, 7) is 0. The van der Waals surface area contributed by atoms with Gasteiger partial charge in [-0.15, -0.1) is 0 Å². The normalized spacial score (nSPS) is 11.6. The number of para-hydroxylation sites is 1. The Morgan fingerprint density at radius 1 is 0.667 bits per heavy atom. The largest absolute Gasteiger partial charge is 0.456 e. The van der Waals surface area contributed by atoms with Crippen LogP contribution in [0.5, 0.6) is 0 Å². The molecule has 0 atom stereocenters. The average Bonchev–Trinajstić information content (AvgIpc) is 2.79. The van der Waals surface area contributed by atoms with Gasteiger partial charge < -0.3 is 4.42 Å². The summed E-state index contributed by atoms with van der Waals surface area (Å²) in [6.07, 6.45) is 0. The molecule has 0 aliphatic rings. The van der Waals surface area contributed by atoms with Crippen LogP contribution in [0.1, 0.15) is 0 Å². The quantitative estimate of drug-likeness (QED) is 0.419. The molecular weight excluding hydrogens is 219 g/mol. The summed E-state index contributed by atoms with van der Waals surface area (Å²) >= 11 is 0. The Morgan fingerprint density at radius 2 is 1.44 bits per heavy atom. The minimum absolute atomic E-state index is 0.688. The lowest BCUT2D eigenvalue weighted by Gasteiger charge is -1.97.